The SMILES string of the molecule is Cn1c(-c2ccc(C3=CCN(C(=N)N)C3)cc2)nnc1-c1ccc(C2=CCN(C(=N)N)C2)cc1. The summed E-state index contributed by atoms with van der Waals surface area (Å²) in [6.45, 7) is 2.65. The van der Waals surface area contributed by atoms with Crippen molar-refractivity contribution < 1.29 is 0 Å². The molecule has 3 aromatic rings. The summed E-state index contributed by atoms with van der Waals surface area (Å²) in [5.41, 5.74) is 17.8. The summed E-state index contributed by atoms with van der Waals surface area (Å²) in [5.74, 6) is 1.79. The molecule has 2 aromatic carbocycles. The van der Waals surface area contributed by atoms with Crippen molar-refractivity contribution in [1.82, 2.24) is 24.6 Å². The summed E-state index contributed by atoms with van der Waals surface area (Å²) < 4.78 is 2.00. The van der Waals surface area contributed by atoms with Gasteiger partial charge in [-0.05, 0) is 22.3 Å². The van der Waals surface area contributed by atoms with Gasteiger partial charge >= 0.3 is 0 Å². The van der Waals surface area contributed by atoms with Gasteiger partial charge in [-0.3, -0.25) is 10.8 Å². The molecule has 9 nitrogen and oxygen atoms in total. The molecule has 6 N–H and O–H groups in total. The largest absolute Gasteiger partial charge is 0.370 e. The topological polar surface area (TPSA) is 137 Å². The van der Waals surface area contributed by atoms with Crippen LogP contribution < -0.4 is 11.5 Å². The van der Waals surface area contributed by atoms with Gasteiger partial charge in [0.25, 0.3) is 0 Å². The van der Waals surface area contributed by atoms with Gasteiger partial charge in [0.2, 0.25) is 0 Å². The molecule has 0 bridgehead atoms. The number of rotatable bonds is 4. The van der Waals surface area contributed by atoms with E-state index in [0.717, 1.165) is 33.9 Å². The van der Waals surface area contributed by atoms with Gasteiger partial charge in [-0.25, -0.2) is 0 Å². The monoisotopic (exact) mass is 453 g/mol. The van der Waals surface area contributed by atoms with Gasteiger partial charge in [-0.15, -0.1) is 10.2 Å². The lowest BCUT2D eigenvalue weighted by atomic mass is 10.0. The molecular weight excluding hydrogens is 426 g/mol. The highest BCUT2D eigenvalue weighted by molar-refractivity contribution is 5.82. The van der Waals surface area contributed by atoms with E-state index in [2.05, 4.69) is 70.9 Å². The molecule has 5 rings (SSSR count). The van der Waals surface area contributed by atoms with Crippen molar-refractivity contribution in [2.45, 2.75) is 0 Å². The summed E-state index contributed by atoms with van der Waals surface area (Å²) in [5, 5.41) is 24.1. The molecule has 0 saturated carbocycles. The second-order valence-corrected chi connectivity index (χ2v) is 8.55. The van der Waals surface area contributed by atoms with Crippen molar-refractivity contribution in [2.24, 2.45) is 18.5 Å². The molecular formula is C25H27N9. The first-order chi connectivity index (χ1) is 16.4. The first kappa shape index (κ1) is 21.4. The molecule has 0 spiro atoms. The van der Waals surface area contributed by atoms with Crippen LogP contribution in [0.1, 0.15) is 11.1 Å². The van der Waals surface area contributed by atoms with Gasteiger partial charge in [0.1, 0.15) is 0 Å². The normalized spacial score (nSPS) is 15.4. The van der Waals surface area contributed by atoms with Crippen LogP contribution in [0.2, 0.25) is 0 Å². The molecule has 0 atom stereocenters. The zero-order chi connectivity index (χ0) is 23.8. The lowest BCUT2D eigenvalue weighted by Gasteiger charge is -2.15. The van der Waals surface area contributed by atoms with E-state index in [1.165, 1.54) is 11.1 Å². The number of hydrogen-bond donors (Lipinski definition) is 4. The van der Waals surface area contributed by atoms with Crippen molar-refractivity contribution in [3.8, 4) is 22.8 Å². The van der Waals surface area contributed by atoms with E-state index >= 15 is 0 Å². The van der Waals surface area contributed by atoms with Crippen molar-refractivity contribution >= 4 is 23.1 Å². The van der Waals surface area contributed by atoms with Gasteiger partial charge in [-0.2, -0.15) is 0 Å². The number of guanidine groups is 2. The van der Waals surface area contributed by atoms with Gasteiger partial charge in [0.05, 0.1) is 0 Å². The minimum absolute atomic E-state index is 0.0977. The van der Waals surface area contributed by atoms with Crippen LogP contribution in [0, 0.1) is 10.8 Å². The molecule has 0 aliphatic carbocycles. The Hall–Kier alpha value is -4.40. The smallest absolute Gasteiger partial charge is 0.188 e. The molecule has 3 heterocycles. The standard InChI is InChI=1S/C25H27N9/c1-32-22(18-6-2-16(3-7-18)20-10-12-33(14-20)24(26)27)30-31-23(32)19-8-4-17(5-9-19)21-11-13-34(15-21)25(28)29/h2-11H,12-15H2,1H3,(H3,26,27)(H3,28,29). The van der Waals surface area contributed by atoms with Gasteiger partial charge in [-0.1, -0.05) is 60.7 Å². The predicted molar refractivity (Wildman–Crippen MR) is 135 cm³/mol. The molecule has 9 heteroatoms. The number of nitrogens with two attached hydrogens (primary N) is 2. The Labute approximate surface area is 198 Å². The Bertz CT molecular complexity index is 1210. The lowest BCUT2D eigenvalue weighted by molar-refractivity contribution is 0.533. The van der Waals surface area contributed by atoms with Crippen molar-refractivity contribution in [2.75, 3.05) is 26.2 Å². The average molecular weight is 454 g/mol. The van der Waals surface area contributed by atoms with Crippen molar-refractivity contribution in [3.63, 3.8) is 0 Å². The third-order valence-electron chi connectivity index (χ3n) is 6.42. The summed E-state index contributed by atoms with van der Waals surface area (Å²) in [6, 6.07) is 16.5. The minimum atomic E-state index is 0.0977. The van der Waals surface area contributed by atoms with Crippen molar-refractivity contribution in [3.05, 3.63) is 71.8 Å². The Kier molecular flexibility index (Phi) is 5.37. The van der Waals surface area contributed by atoms with Crippen LogP contribution in [0.5, 0.6) is 0 Å². The summed E-state index contributed by atoms with van der Waals surface area (Å²) in [6.07, 6.45) is 4.22. The molecule has 0 saturated heterocycles. The number of nitrogens with one attached hydrogen (secondary N) is 2. The van der Waals surface area contributed by atoms with E-state index < -0.39 is 0 Å². The van der Waals surface area contributed by atoms with Crippen LogP contribution in [-0.2, 0) is 7.05 Å². The average Bonchev–Trinajstić information content (AvgIpc) is 3.59. The molecule has 0 radical (unpaired) electrons. The fourth-order valence-corrected chi connectivity index (χ4v) is 4.39. The first-order valence-corrected chi connectivity index (χ1v) is 11.1. The third kappa shape index (κ3) is 3.92. The number of aromatic nitrogens is 3. The van der Waals surface area contributed by atoms with E-state index in [9.17, 15) is 0 Å². The van der Waals surface area contributed by atoms with Gasteiger partial charge in [0.15, 0.2) is 23.6 Å². The minimum Gasteiger partial charge on any atom is -0.370 e. The van der Waals surface area contributed by atoms with Crippen molar-refractivity contribution in [1.29, 1.82) is 10.8 Å². The Morgan fingerprint density at radius 3 is 1.35 bits per heavy atom. The first-order valence-electron chi connectivity index (χ1n) is 11.1. The quantitative estimate of drug-likeness (QED) is 0.353. The van der Waals surface area contributed by atoms with Crippen LogP contribution in [0.15, 0.2) is 60.7 Å². The fourth-order valence-electron chi connectivity index (χ4n) is 4.39. The predicted octanol–water partition coefficient (Wildman–Crippen LogP) is 2.33. The van der Waals surface area contributed by atoms with Crippen LogP contribution in [0.4, 0.5) is 0 Å². The molecule has 2 aliphatic heterocycles. The second kappa shape index (κ2) is 8.51. The fraction of sp³-hybridized carbons (Fsp3) is 0.200. The maximum absolute atomic E-state index is 7.60. The maximum Gasteiger partial charge on any atom is 0.188 e. The Morgan fingerprint density at radius 2 is 1.03 bits per heavy atom. The van der Waals surface area contributed by atoms with Crippen LogP contribution in [0.3, 0.4) is 0 Å². The summed E-state index contributed by atoms with van der Waals surface area (Å²) in [4.78, 5) is 3.65. The summed E-state index contributed by atoms with van der Waals surface area (Å²) >= 11 is 0. The van der Waals surface area contributed by atoms with Gasteiger partial charge < -0.3 is 25.8 Å². The zero-order valence-corrected chi connectivity index (χ0v) is 19.0. The van der Waals surface area contributed by atoms with E-state index in [-0.39, 0.29) is 11.9 Å². The second-order valence-electron chi connectivity index (χ2n) is 8.55. The molecule has 0 fully saturated rings. The molecule has 34 heavy (non-hydrogen) atoms. The van der Waals surface area contributed by atoms with E-state index in [1.54, 1.807) is 0 Å². The van der Waals surface area contributed by atoms with Crippen LogP contribution >= 0.6 is 0 Å². The van der Waals surface area contributed by atoms with E-state index in [0.29, 0.717) is 26.2 Å². The highest BCUT2D eigenvalue weighted by atomic mass is 15.3. The molecule has 2 aliphatic rings. The lowest BCUT2D eigenvalue weighted by Crippen LogP contribution is -2.34. The molecule has 1 aromatic heterocycles. The number of benzene rings is 2. The molecule has 0 unspecified atom stereocenters. The van der Waals surface area contributed by atoms with Gasteiger partial charge in [0, 0.05) is 44.4 Å². The summed E-state index contributed by atoms with van der Waals surface area (Å²) in [7, 11) is 1.97. The molecule has 0 amide bonds. The van der Waals surface area contributed by atoms with E-state index in [4.69, 9.17) is 22.3 Å². The molecule has 172 valence electrons. The van der Waals surface area contributed by atoms with E-state index in [1.807, 2.05) is 21.4 Å². The third-order valence-corrected chi connectivity index (χ3v) is 6.42. The highest BCUT2D eigenvalue weighted by Crippen LogP contribution is 2.28. The highest BCUT2D eigenvalue weighted by Gasteiger charge is 2.19. The Balaban J connectivity index is 1.32. The zero-order valence-electron chi connectivity index (χ0n) is 19.0. The van der Waals surface area contributed by atoms with Crippen LogP contribution in [0.25, 0.3) is 33.9 Å². The maximum atomic E-state index is 7.60. The van der Waals surface area contributed by atoms with Crippen LogP contribution in [-0.4, -0.2) is 62.7 Å². The Morgan fingerprint density at radius 1 is 0.676 bits per heavy atom. The number of hydrogen-bond acceptors (Lipinski definition) is 4. The number of nitrogens with zero attached hydrogens (tertiary/aromatic N) is 5.